The van der Waals surface area contributed by atoms with Gasteiger partial charge in [0.1, 0.15) is 0 Å². The molecule has 0 spiro atoms. The lowest BCUT2D eigenvalue weighted by Crippen LogP contribution is -2.07. The molecular weight excluding hydrogens is 224 g/mol. The third kappa shape index (κ3) is 1.92. The van der Waals surface area contributed by atoms with Gasteiger partial charge in [0.2, 0.25) is 0 Å². The number of allylic oxidation sites excluding steroid dienone is 2. The van der Waals surface area contributed by atoms with Crippen molar-refractivity contribution in [3.05, 3.63) is 47.8 Å². The Morgan fingerprint density at radius 3 is 2.83 bits per heavy atom. The minimum atomic E-state index is 0.112. The Morgan fingerprint density at radius 2 is 2.00 bits per heavy atom. The van der Waals surface area contributed by atoms with Gasteiger partial charge >= 0.3 is 0 Å². The second-order valence-corrected chi connectivity index (χ2v) is 4.53. The normalized spacial score (nSPS) is 15.4. The molecule has 3 heteroatoms. The Morgan fingerprint density at radius 1 is 1.11 bits per heavy atom. The van der Waals surface area contributed by atoms with Gasteiger partial charge in [0.25, 0.3) is 0 Å². The number of aromatic nitrogens is 2. The van der Waals surface area contributed by atoms with Crippen LogP contribution >= 0.6 is 0 Å². The third-order valence-electron chi connectivity index (χ3n) is 3.33. The predicted octanol–water partition coefficient (Wildman–Crippen LogP) is 3.31. The van der Waals surface area contributed by atoms with Crippen molar-refractivity contribution in [1.29, 1.82) is 0 Å². The Balaban J connectivity index is 2.09. The second kappa shape index (κ2) is 4.69. The van der Waals surface area contributed by atoms with E-state index in [4.69, 9.17) is 0 Å². The van der Waals surface area contributed by atoms with Crippen molar-refractivity contribution < 1.29 is 4.79 Å². The molecule has 0 atom stereocenters. The lowest BCUT2D eigenvalue weighted by atomic mass is 9.92. The number of ketones is 1. The van der Waals surface area contributed by atoms with Gasteiger partial charge in [-0.1, -0.05) is 12.1 Å². The van der Waals surface area contributed by atoms with Crippen molar-refractivity contribution >= 4 is 16.8 Å². The van der Waals surface area contributed by atoms with Crippen molar-refractivity contribution in [2.24, 2.45) is 0 Å². The average molecular weight is 238 g/mol. The Bertz CT molecular complexity index is 626. The van der Waals surface area contributed by atoms with Gasteiger partial charge in [-0.15, -0.1) is 0 Å². The molecule has 1 aromatic carbocycles. The van der Waals surface area contributed by atoms with Crippen molar-refractivity contribution in [2.75, 3.05) is 0 Å². The van der Waals surface area contributed by atoms with Crippen LogP contribution in [0.5, 0.6) is 0 Å². The fourth-order valence-corrected chi connectivity index (χ4v) is 2.39. The summed E-state index contributed by atoms with van der Waals surface area (Å²) in [5.74, 6) is 0.112. The molecule has 90 valence electrons. The largest absolute Gasteiger partial charge is 0.289 e. The fourth-order valence-electron chi connectivity index (χ4n) is 2.39. The third-order valence-corrected chi connectivity index (χ3v) is 3.33. The predicted molar refractivity (Wildman–Crippen MR) is 70.4 cm³/mol. The van der Waals surface area contributed by atoms with Crippen LogP contribution in [0.4, 0.5) is 0 Å². The van der Waals surface area contributed by atoms with Crippen LogP contribution in [0.2, 0.25) is 0 Å². The van der Waals surface area contributed by atoms with Gasteiger partial charge in [0.05, 0.1) is 16.6 Å². The summed E-state index contributed by atoms with van der Waals surface area (Å²) in [6.45, 7) is 0. The van der Waals surface area contributed by atoms with Crippen molar-refractivity contribution in [3.8, 4) is 0 Å². The van der Waals surface area contributed by atoms with E-state index < -0.39 is 0 Å². The molecule has 0 N–H and O–H groups in total. The summed E-state index contributed by atoms with van der Waals surface area (Å²) in [7, 11) is 0. The number of para-hydroxylation sites is 1. The van der Waals surface area contributed by atoms with Gasteiger partial charge in [-0.2, -0.15) is 0 Å². The molecule has 1 aromatic heterocycles. The van der Waals surface area contributed by atoms with E-state index >= 15 is 0 Å². The minimum Gasteiger partial charge on any atom is -0.289 e. The van der Waals surface area contributed by atoms with Crippen LogP contribution in [0.15, 0.2) is 42.2 Å². The van der Waals surface area contributed by atoms with Crippen molar-refractivity contribution in [2.45, 2.75) is 25.7 Å². The van der Waals surface area contributed by atoms with E-state index in [9.17, 15) is 4.79 Å². The molecule has 0 radical (unpaired) electrons. The van der Waals surface area contributed by atoms with Gasteiger partial charge in [-0.05, 0) is 43.4 Å². The number of carbonyl (C=O) groups is 1. The molecule has 0 aliphatic heterocycles. The molecule has 1 aliphatic carbocycles. The number of hydrogen-bond donors (Lipinski definition) is 0. The first-order chi connectivity index (χ1) is 8.86. The summed E-state index contributed by atoms with van der Waals surface area (Å²) in [5, 5.41) is 0. The van der Waals surface area contributed by atoms with E-state index in [0.717, 1.165) is 30.4 Å². The highest BCUT2D eigenvalue weighted by atomic mass is 16.1. The maximum atomic E-state index is 12.5. The molecule has 3 rings (SSSR count). The van der Waals surface area contributed by atoms with Crippen LogP contribution in [-0.2, 0) is 0 Å². The van der Waals surface area contributed by atoms with E-state index in [2.05, 4.69) is 16.0 Å². The van der Waals surface area contributed by atoms with Crippen molar-refractivity contribution in [3.63, 3.8) is 0 Å². The van der Waals surface area contributed by atoms with E-state index in [-0.39, 0.29) is 5.78 Å². The highest BCUT2D eigenvalue weighted by Gasteiger charge is 2.17. The molecule has 1 heterocycles. The zero-order valence-electron chi connectivity index (χ0n) is 10.1. The number of benzene rings is 1. The molecule has 0 unspecified atom stereocenters. The molecule has 0 amide bonds. The quantitative estimate of drug-likeness (QED) is 0.754. The first-order valence-corrected chi connectivity index (χ1v) is 6.30. The molecule has 1 aliphatic rings. The summed E-state index contributed by atoms with van der Waals surface area (Å²) in [6, 6.07) is 5.59. The summed E-state index contributed by atoms with van der Waals surface area (Å²) in [5.41, 5.74) is 3.09. The van der Waals surface area contributed by atoms with Crippen LogP contribution in [0.25, 0.3) is 11.0 Å². The molecular formula is C15H14N2O. The van der Waals surface area contributed by atoms with E-state index in [1.807, 2.05) is 18.2 Å². The van der Waals surface area contributed by atoms with Gasteiger partial charge in [0.15, 0.2) is 5.78 Å². The highest BCUT2D eigenvalue weighted by molar-refractivity contribution is 6.14. The molecule has 0 fully saturated rings. The van der Waals surface area contributed by atoms with Gasteiger partial charge in [0, 0.05) is 12.4 Å². The summed E-state index contributed by atoms with van der Waals surface area (Å²) in [4.78, 5) is 21.0. The minimum absolute atomic E-state index is 0.112. The van der Waals surface area contributed by atoms with Gasteiger partial charge in [-0.25, -0.2) is 0 Å². The summed E-state index contributed by atoms with van der Waals surface area (Å²) in [6.07, 6.45) is 9.54. The number of hydrogen-bond acceptors (Lipinski definition) is 3. The molecule has 3 nitrogen and oxygen atoms in total. The lowest BCUT2D eigenvalue weighted by Gasteiger charge is -2.12. The van der Waals surface area contributed by atoms with E-state index in [0.29, 0.717) is 11.1 Å². The fraction of sp³-hybridized carbons (Fsp3) is 0.267. The summed E-state index contributed by atoms with van der Waals surface area (Å²) >= 11 is 0. The maximum absolute atomic E-state index is 12.5. The smallest absolute Gasteiger partial charge is 0.190 e. The number of nitrogens with zero attached hydrogens (tertiary/aromatic N) is 2. The number of fused-ring (bicyclic) bond motifs is 1. The molecule has 0 saturated heterocycles. The van der Waals surface area contributed by atoms with Crippen LogP contribution in [0.3, 0.4) is 0 Å². The number of carbonyl (C=O) groups excluding carboxylic acids is 1. The average Bonchev–Trinajstić information content (AvgIpc) is 2.47. The zero-order valence-corrected chi connectivity index (χ0v) is 10.1. The van der Waals surface area contributed by atoms with Crippen LogP contribution < -0.4 is 0 Å². The molecule has 0 bridgehead atoms. The Kier molecular flexibility index (Phi) is 2.89. The first kappa shape index (κ1) is 11.1. The van der Waals surface area contributed by atoms with Gasteiger partial charge < -0.3 is 0 Å². The van der Waals surface area contributed by atoms with Crippen LogP contribution in [0.1, 0.15) is 36.0 Å². The molecule has 18 heavy (non-hydrogen) atoms. The van der Waals surface area contributed by atoms with Crippen molar-refractivity contribution in [1.82, 2.24) is 9.97 Å². The van der Waals surface area contributed by atoms with E-state index in [1.165, 1.54) is 6.42 Å². The Labute approximate surface area is 106 Å². The monoisotopic (exact) mass is 238 g/mol. The van der Waals surface area contributed by atoms with Crippen LogP contribution in [0, 0.1) is 0 Å². The molecule has 2 aromatic rings. The topological polar surface area (TPSA) is 42.9 Å². The SMILES string of the molecule is O=C(C1=CCCCC1)c1cccc2nccnc12. The maximum Gasteiger partial charge on any atom is 0.190 e. The first-order valence-electron chi connectivity index (χ1n) is 6.30. The number of Topliss-reactive ketones (excluding diaryl/α,β-unsaturated/α-hetero) is 1. The standard InChI is InChI=1S/C15H14N2O/c18-15(11-5-2-1-3-6-11)12-7-4-8-13-14(12)17-10-9-16-13/h4-5,7-10H,1-3,6H2. The Hall–Kier alpha value is -2.03. The van der Waals surface area contributed by atoms with Crippen LogP contribution in [-0.4, -0.2) is 15.8 Å². The molecule has 0 saturated carbocycles. The zero-order chi connectivity index (χ0) is 12.4. The number of rotatable bonds is 2. The summed E-state index contributed by atoms with van der Waals surface area (Å²) < 4.78 is 0. The van der Waals surface area contributed by atoms with Gasteiger partial charge in [-0.3, -0.25) is 14.8 Å². The second-order valence-electron chi connectivity index (χ2n) is 4.53. The van der Waals surface area contributed by atoms with E-state index in [1.54, 1.807) is 12.4 Å². The highest BCUT2D eigenvalue weighted by Crippen LogP contribution is 2.24. The lowest BCUT2D eigenvalue weighted by molar-refractivity contribution is 0.103.